The normalized spacial score (nSPS) is 25.8. The average Bonchev–Trinajstić information content (AvgIpc) is 2.87. The molecule has 0 amide bonds. The molecule has 2 aliphatic rings. The van der Waals surface area contributed by atoms with Crippen LogP contribution in [0.15, 0.2) is 49.1 Å². The van der Waals surface area contributed by atoms with E-state index in [0.29, 0.717) is 0 Å². The van der Waals surface area contributed by atoms with Crippen LogP contribution in [0.3, 0.4) is 0 Å². The van der Waals surface area contributed by atoms with E-state index in [1.807, 2.05) is 0 Å². The predicted octanol–water partition coefficient (Wildman–Crippen LogP) is 10.1. The first-order valence-corrected chi connectivity index (χ1v) is 14.4. The molecule has 0 heteroatoms. The maximum absolute atomic E-state index is 3.90. The number of fused-ring (bicyclic) bond motifs is 1. The second-order valence-corrected chi connectivity index (χ2v) is 11.4. The highest BCUT2D eigenvalue weighted by molar-refractivity contribution is 5.83. The van der Waals surface area contributed by atoms with E-state index in [9.17, 15) is 0 Å². The Kier molecular flexibility index (Phi) is 9.51. The lowest BCUT2D eigenvalue weighted by Gasteiger charge is -2.38. The first kappa shape index (κ1) is 24.6. The van der Waals surface area contributed by atoms with Crippen molar-refractivity contribution >= 4 is 10.8 Å². The van der Waals surface area contributed by atoms with Gasteiger partial charge in [0.15, 0.2) is 0 Å². The van der Waals surface area contributed by atoms with Crippen molar-refractivity contribution in [2.45, 2.75) is 110 Å². The summed E-state index contributed by atoms with van der Waals surface area (Å²) in [7, 11) is 0. The maximum Gasteiger partial charge on any atom is -0.0181 e. The first-order valence-electron chi connectivity index (χ1n) is 14.4. The van der Waals surface area contributed by atoms with Crippen molar-refractivity contribution in [3.63, 3.8) is 0 Å². The summed E-state index contributed by atoms with van der Waals surface area (Å²) in [6.07, 6.45) is 24.5. The van der Waals surface area contributed by atoms with Crippen molar-refractivity contribution in [2.24, 2.45) is 23.7 Å². The number of unbranched alkanes of at least 4 members (excludes halogenated alkanes) is 2. The van der Waals surface area contributed by atoms with Crippen LogP contribution in [-0.4, -0.2) is 0 Å². The third kappa shape index (κ3) is 7.21. The molecule has 33 heavy (non-hydrogen) atoms. The molecule has 0 heterocycles. The number of hydrogen-bond donors (Lipinski definition) is 0. The molecule has 4 rings (SSSR count). The fraction of sp³-hybridized carbons (Fsp3) is 0.636. The molecule has 2 aromatic rings. The van der Waals surface area contributed by atoms with Crippen LogP contribution in [0.1, 0.15) is 108 Å². The lowest BCUT2D eigenvalue weighted by atomic mass is 9.68. The Balaban J connectivity index is 1.19. The Hall–Kier alpha value is -1.56. The Labute approximate surface area is 204 Å². The second kappa shape index (κ2) is 12.8. The average molecular weight is 445 g/mol. The van der Waals surface area contributed by atoms with Crippen molar-refractivity contribution in [1.82, 2.24) is 0 Å². The van der Waals surface area contributed by atoms with Crippen LogP contribution in [0.2, 0.25) is 0 Å². The zero-order valence-corrected chi connectivity index (χ0v) is 21.4. The van der Waals surface area contributed by atoms with Gasteiger partial charge in [-0.25, -0.2) is 0 Å². The van der Waals surface area contributed by atoms with E-state index in [-0.39, 0.29) is 0 Å². The molecule has 0 saturated heterocycles. The topological polar surface area (TPSA) is 0 Å². The summed E-state index contributed by atoms with van der Waals surface area (Å²) in [6.45, 7) is 6.19. The molecular formula is C33H48. The van der Waals surface area contributed by atoms with Crippen molar-refractivity contribution < 1.29 is 0 Å². The highest BCUT2D eigenvalue weighted by atomic mass is 14.4. The monoisotopic (exact) mass is 444 g/mol. The Morgan fingerprint density at radius 3 is 1.79 bits per heavy atom. The van der Waals surface area contributed by atoms with Crippen molar-refractivity contribution in [3.8, 4) is 0 Å². The highest BCUT2D eigenvalue weighted by Gasteiger charge is 2.30. The molecule has 0 bridgehead atoms. The molecule has 2 aliphatic carbocycles. The summed E-state index contributed by atoms with van der Waals surface area (Å²) in [6, 6.07) is 14.4. The molecule has 180 valence electrons. The molecule has 0 radical (unpaired) electrons. The molecule has 0 atom stereocenters. The molecule has 0 N–H and O–H groups in total. The van der Waals surface area contributed by atoms with E-state index in [1.165, 1.54) is 119 Å². The SMILES string of the molecule is C=CCCC1CCC(C2CCC(CCc3ccc4cc(CCCCC)ccc4c3)CC2)CC1. The van der Waals surface area contributed by atoms with E-state index in [0.717, 1.165) is 23.7 Å². The summed E-state index contributed by atoms with van der Waals surface area (Å²) in [5.41, 5.74) is 3.05. The van der Waals surface area contributed by atoms with E-state index >= 15 is 0 Å². The van der Waals surface area contributed by atoms with Gasteiger partial charge < -0.3 is 0 Å². The van der Waals surface area contributed by atoms with Crippen molar-refractivity contribution in [1.29, 1.82) is 0 Å². The molecule has 0 aliphatic heterocycles. The largest absolute Gasteiger partial charge is 0.103 e. The lowest BCUT2D eigenvalue weighted by Crippen LogP contribution is -2.26. The van der Waals surface area contributed by atoms with Crippen molar-refractivity contribution in [3.05, 3.63) is 60.2 Å². The number of rotatable bonds is 11. The van der Waals surface area contributed by atoms with Gasteiger partial charge in [-0.05, 0) is 110 Å². The van der Waals surface area contributed by atoms with Crippen molar-refractivity contribution in [2.75, 3.05) is 0 Å². The van der Waals surface area contributed by atoms with E-state index in [4.69, 9.17) is 0 Å². The summed E-state index contributed by atoms with van der Waals surface area (Å²) in [5.74, 6) is 4.03. The minimum atomic E-state index is 0.960. The summed E-state index contributed by atoms with van der Waals surface area (Å²) >= 11 is 0. The van der Waals surface area contributed by atoms with Gasteiger partial charge in [0, 0.05) is 0 Å². The van der Waals surface area contributed by atoms with Gasteiger partial charge in [-0.15, -0.1) is 6.58 Å². The number of allylic oxidation sites excluding steroid dienone is 1. The zero-order valence-electron chi connectivity index (χ0n) is 21.4. The Bertz CT molecular complexity index is 845. The Morgan fingerprint density at radius 2 is 1.24 bits per heavy atom. The molecule has 0 unspecified atom stereocenters. The van der Waals surface area contributed by atoms with Crippen LogP contribution >= 0.6 is 0 Å². The maximum atomic E-state index is 3.90. The summed E-state index contributed by atoms with van der Waals surface area (Å²) < 4.78 is 0. The zero-order chi connectivity index (χ0) is 22.9. The van der Waals surface area contributed by atoms with Gasteiger partial charge in [-0.2, -0.15) is 0 Å². The van der Waals surface area contributed by atoms with Gasteiger partial charge >= 0.3 is 0 Å². The molecular weight excluding hydrogens is 396 g/mol. The predicted molar refractivity (Wildman–Crippen MR) is 146 cm³/mol. The van der Waals surface area contributed by atoms with Crippen LogP contribution in [0, 0.1) is 23.7 Å². The number of hydrogen-bond acceptors (Lipinski definition) is 0. The fourth-order valence-electron chi connectivity index (χ4n) is 6.86. The van der Waals surface area contributed by atoms with Gasteiger partial charge in [0.25, 0.3) is 0 Å². The molecule has 2 aromatic carbocycles. The first-order chi connectivity index (χ1) is 16.2. The molecule has 0 spiro atoms. The lowest BCUT2D eigenvalue weighted by molar-refractivity contribution is 0.141. The summed E-state index contributed by atoms with van der Waals surface area (Å²) in [4.78, 5) is 0. The van der Waals surface area contributed by atoms with Gasteiger partial charge in [-0.3, -0.25) is 0 Å². The molecule has 0 nitrogen and oxygen atoms in total. The van der Waals surface area contributed by atoms with Crippen LogP contribution in [0.25, 0.3) is 10.8 Å². The summed E-state index contributed by atoms with van der Waals surface area (Å²) in [5, 5.41) is 2.85. The van der Waals surface area contributed by atoms with Gasteiger partial charge in [0.2, 0.25) is 0 Å². The van der Waals surface area contributed by atoms with Crippen LogP contribution < -0.4 is 0 Å². The number of aryl methyl sites for hydroxylation is 2. The second-order valence-electron chi connectivity index (χ2n) is 11.4. The molecule has 2 saturated carbocycles. The van der Waals surface area contributed by atoms with Crippen LogP contribution in [0.5, 0.6) is 0 Å². The fourth-order valence-corrected chi connectivity index (χ4v) is 6.86. The number of benzene rings is 2. The van der Waals surface area contributed by atoms with E-state index < -0.39 is 0 Å². The third-order valence-electron chi connectivity index (χ3n) is 9.11. The molecule has 2 fully saturated rings. The minimum absolute atomic E-state index is 0.960. The smallest absolute Gasteiger partial charge is 0.0181 e. The van der Waals surface area contributed by atoms with Crippen LogP contribution in [0.4, 0.5) is 0 Å². The standard InChI is InChI=1S/C33H48/c1-3-5-7-9-28-16-22-33-25-29(17-23-32(33)24-28)11-10-27-14-20-31(21-15-27)30-18-12-26(13-19-30)8-6-4-2/h4,16-17,22-27,30-31H,2-3,5-15,18-21H2,1H3. The van der Waals surface area contributed by atoms with Gasteiger partial charge in [-0.1, -0.05) is 87.9 Å². The quantitative estimate of drug-likeness (QED) is 0.239. The minimum Gasteiger partial charge on any atom is -0.103 e. The van der Waals surface area contributed by atoms with Gasteiger partial charge in [0.1, 0.15) is 0 Å². The Morgan fingerprint density at radius 1 is 0.697 bits per heavy atom. The molecule has 0 aromatic heterocycles. The van der Waals surface area contributed by atoms with Gasteiger partial charge in [0.05, 0.1) is 0 Å². The highest BCUT2D eigenvalue weighted by Crippen LogP contribution is 2.43. The van der Waals surface area contributed by atoms with E-state index in [1.54, 1.807) is 5.56 Å². The van der Waals surface area contributed by atoms with Crippen LogP contribution in [-0.2, 0) is 12.8 Å². The van der Waals surface area contributed by atoms with E-state index in [2.05, 4.69) is 56.0 Å². The third-order valence-corrected chi connectivity index (χ3v) is 9.11.